The maximum absolute atomic E-state index is 13.1. The van der Waals surface area contributed by atoms with E-state index in [1.807, 2.05) is 0 Å². The Bertz CT molecular complexity index is 1150. The van der Waals surface area contributed by atoms with Gasteiger partial charge >= 0.3 is 0 Å². The molecule has 2 heterocycles. The second-order valence-corrected chi connectivity index (χ2v) is 10.00. The van der Waals surface area contributed by atoms with Crippen molar-refractivity contribution in [3.63, 3.8) is 0 Å². The number of fused-ring (bicyclic) bond motifs is 1. The molecule has 7 nitrogen and oxygen atoms in total. The van der Waals surface area contributed by atoms with Gasteiger partial charge in [0.25, 0.3) is 0 Å². The topological polar surface area (TPSA) is 77.3 Å². The molecule has 0 bridgehead atoms. The summed E-state index contributed by atoms with van der Waals surface area (Å²) in [6.45, 7) is 3.32. The van der Waals surface area contributed by atoms with E-state index in [0.29, 0.717) is 40.1 Å². The molecule has 0 spiro atoms. The summed E-state index contributed by atoms with van der Waals surface area (Å²) in [6.07, 6.45) is 1.92. The fraction of sp³-hybridized carbons (Fsp3) is 0.368. The predicted octanol–water partition coefficient (Wildman–Crippen LogP) is 3.79. The van der Waals surface area contributed by atoms with Crippen LogP contribution in [-0.4, -0.2) is 41.0 Å². The zero-order valence-corrected chi connectivity index (χ0v) is 18.1. The lowest BCUT2D eigenvalue weighted by Gasteiger charge is -2.30. The van der Waals surface area contributed by atoms with Gasteiger partial charge < -0.3 is 4.84 Å². The number of piperidine rings is 1. The third kappa shape index (κ3) is 4.21. The van der Waals surface area contributed by atoms with Gasteiger partial charge in [0, 0.05) is 13.1 Å². The van der Waals surface area contributed by atoms with Crippen LogP contribution in [0.4, 0.5) is 0 Å². The molecule has 0 aliphatic carbocycles. The summed E-state index contributed by atoms with van der Waals surface area (Å²) in [5.74, 6) is 0.351. The second-order valence-electron chi connectivity index (χ2n) is 7.25. The number of nitrogens with zero attached hydrogens (tertiary/aromatic N) is 4. The van der Waals surface area contributed by atoms with Gasteiger partial charge in [-0.1, -0.05) is 41.0 Å². The summed E-state index contributed by atoms with van der Waals surface area (Å²) in [4.78, 5) is 7.14. The van der Waals surface area contributed by atoms with Crippen LogP contribution in [-0.2, 0) is 16.6 Å². The molecule has 0 N–H and O–H groups in total. The summed E-state index contributed by atoms with van der Waals surface area (Å²) in [5.41, 5.74) is 1.83. The normalized spacial score (nSPS) is 18.2. The standard InChI is InChI=1S/C19H20Cl2N4O3S/c1-13-3-2-8-24(11-13)29(26,27)15-5-7-18-19(10-15)25(23-22-18)28-12-14-4-6-16(20)17(21)9-14/h4-7,9-10,13H,2-3,8,11-12H2,1H3. The monoisotopic (exact) mass is 454 g/mol. The van der Waals surface area contributed by atoms with E-state index in [9.17, 15) is 8.42 Å². The van der Waals surface area contributed by atoms with Gasteiger partial charge in [0.05, 0.1) is 14.9 Å². The first kappa shape index (κ1) is 20.4. The SMILES string of the molecule is CC1CCCN(S(=O)(=O)c2ccc3nnn(OCc4ccc(Cl)c(Cl)c4)c3c2)C1. The molecule has 2 aromatic carbocycles. The summed E-state index contributed by atoms with van der Waals surface area (Å²) in [5, 5.41) is 8.91. The highest BCUT2D eigenvalue weighted by Crippen LogP contribution is 2.26. The average molecular weight is 455 g/mol. The van der Waals surface area contributed by atoms with Crippen LogP contribution in [0.2, 0.25) is 10.0 Å². The minimum absolute atomic E-state index is 0.177. The van der Waals surface area contributed by atoms with Crippen LogP contribution in [0.25, 0.3) is 11.0 Å². The molecule has 3 aromatic rings. The number of hydrogen-bond donors (Lipinski definition) is 0. The smallest absolute Gasteiger partial charge is 0.243 e. The van der Waals surface area contributed by atoms with E-state index in [-0.39, 0.29) is 11.5 Å². The first-order valence-electron chi connectivity index (χ1n) is 9.27. The molecule has 1 aliphatic heterocycles. The lowest BCUT2D eigenvalue weighted by Crippen LogP contribution is -2.39. The van der Waals surface area contributed by atoms with Crippen LogP contribution < -0.4 is 4.84 Å². The van der Waals surface area contributed by atoms with Crippen LogP contribution in [0, 0.1) is 5.92 Å². The molecule has 1 atom stereocenters. The van der Waals surface area contributed by atoms with E-state index >= 15 is 0 Å². The van der Waals surface area contributed by atoms with Crippen molar-refractivity contribution in [2.75, 3.05) is 13.1 Å². The third-order valence-corrected chi connectivity index (χ3v) is 7.58. The van der Waals surface area contributed by atoms with Crippen LogP contribution >= 0.6 is 23.2 Å². The molecule has 0 amide bonds. The molecule has 1 saturated heterocycles. The first-order valence-corrected chi connectivity index (χ1v) is 11.5. The Hall–Kier alpha value is -1.87. The van der Waals surface area contributed by atoms with Crippen molar-refractivity contribution < 1.29 is 13.3 Å². The number of halogens is 2. The molecular weight excluding hydrogens is 435 g/mol. The van der Waals surface area contributed by atoms with Gasteiger partial charge in [-0.15, -0.1) is 5.10 Å². The molecule has 1 aliphatic rings. The minimum Gasteiger partial charge on any atom is -0.390 e. The van der Waals surface area contributed by atoms with Crippen LogP contribution in [0.15, 0.2) is 41.3 Å². The molecule has 1 aromatic heterocycles. The van der Waals surface area contributed by atoms with Crippen molar-refractivity contribution in [3.8, 4) is 0 Å². The molecule has 1 unspecified atom stereocenters. The van der Waals surface area contributed by atoms with E-state index in [2.05, 4.69) is 17.2 Å². The average Bonchev–Trinajstić information content (AvgIpc) is 3.11. The highest BCUT2D eigenvalue weighted by Gasteiger charge is 2.29. The molecule has 154 valence electrons. The molecular formula is C19H20Cl2N4O3S. The zero-order valence-electron chi connectivity index (χ0n) is 15.8. The minimum atomic E-state index is -3.58. The van der Waals surface area contributed by atoms with Crippen molar-refractivity contribution in [3.05, 3.63) is 52.0 Å². The van der Waals surface area contributed by atoms with E-state index in [0.717, 1.165) is 18.4 Å². The maximum atomic E-state index is 13.1. The summed E-state index contributed by atoms with van der Waals surface area (Å²) in [7, 11) is -3.58. The molecule has 0 radical (unpaired) electrons. The lowest BCUT2D eigenvalue weighted by atomic mass is 10.0. The first-order chi connectivity index (χ1) is 13.8. The van der Waals surface area contributed by atoms with Crippen molar-refractivity contribution in [1.29, 1.82) is 0 Å². The van der Waals surface area contributed by atoms with Gasteiger partial charge in [0.1, 0.15) is 17.6 Å². The van der Waals surface area contributed by atoms with Gasteiger partial charge in [-0.05, 0) is 59.9 Å². The Morgan fingerprint density at radius 1 is 1.17 bits per heavy atom. The Balaban J connectivity index is 1.59. The van der Waals surface area contributed by atoms with E-state index in [1.165, 1.54) is 4.85 Å². The third-order valence-electron chi connectivity index (χ3n) is 4.98. The summed E-state index contributed by atoms with van der Waals surface area (Å²) >= 11 is 12.0. The Morgan fingerprint density at radius 3 is 2.76 bits per heavy atom. The Kier molecular flexibility index (Phi) is 5.70. The Labute approximate surface area is 179 Å². The lowest BCUT2D eigenvalue weighted by molar-refractivity contribution is 0.0751. The number of benzene rings is 2. The van der Waals surface area contributed by atoms with E-state index in [4.69, 9.17) is 28.0 Å². The Morgan fingerprint density at radius 2 is 2.00 bits per heavy atom. The molecule has 10 heteroatoms. The van der Waals surface area contributed by atoms with Gasteiger partial charge in [-0.25, -0.2) is 8.42 Å². The van der Waals surface area contributed by atoms with E-state index < -0.39 is 10.0 Å². The predicted molar refractivity (Wildman–Crippen MR) is 111 cm³/mol. The van der Waals surface area contributed by atoms with Crippen LogP contribution in [0.3, 0.4) is 0 Å². The van der Waals surface area contributed by atoms with Crippen molar-refractivity contribution in [2.45, 2.75) is 31.3 Å². The van der Waals surface area contributed by atoms with Crippen molar-refractivity contribution >= 4 is 44.3 Å². The van der Waals surface area contributed by atoms with Crippen LogP contribution in [0.1, 0.15) is 25.3 Å². The van der Waals surface area contributed by atoms with Crippen molar-refractivity contribution in [2.24, 2.45) is 5.92 Å². The highest BCUT2D eigenvalue weighted by molar-refractivity contribution is 7.89. The van der Waals surface area contributed by atoms with Crippen LogP contribution in [0.5, 0.6) is 0 Å². The van der Waals surface area contributed by atoms with E-state index in [1.54, 1.807) is 40.7 Å². The second kappa shape index (κ2) is 8.10. The van der Waals surface area contributed by atoms with Gasteiger partial charge in [0.15, 0.2) is 0 Å². The quantitative estimate of drug-likeness (QED) is 0.585. The van der Waals surface area contributed by atoms with Gasteiger partial charge in [0.2, 0.25) is 10.0 Å². The van der Waals surface area contributed by atoms with Gasteiger partial charge in [-0.3, -0.25) is 0 Å². The molecule has 0 saturated carbocycles. The molecule has 1 fully saturated rings. The van der Waals surface area contributed by atoms with Crippen molar-refractivity contribution in [1.82, 2.24) is 19.5 Å². The molecule has 4 rings (SSSR count). The fourth-order valence-electron chi connectivity index (χ4n) is 3.41. The number of aromatic nitrogens is 3. The largest absolute Gasteiger partial charge is 0.390 e. The molecule has 29 heavy (non-hydrogen) atoms. The number of rotatable bonds is 5. The summed E-state index contributed by atoms with van der Waals surface area (Å²) in [6, 6.07) is 9.94. The fourth-order valence-corrected chi connectivity index (χ4v) is 5.35. The highest BCUT2D eigenvalue weighted by atomic mass is 35.5. The number of sulfonamides is 1. The zero-order chi connectivity index (χ0) is 20.6. The van der Waals surface area contributed by atoms with Gasteiger partial charge in [-0.2, -0.15) is 4.31 Å². The maximum Gasteiger partial charge on any atom is 0.243 e. The number of hydrogen-bond acceptors (Lipinski definition) is 5. The summed E-state index contributed by atoms with van der Waals surface area (Å²) < 4.78 is 27.7.